The first kappa shape index (κ1) is 14.6. The zero-order chi connectivity index (χ0) is 13.5. The second kappa shape index (κ2) is 7.68. The van der Waals surface area contributed by atoms with E-state index in [2.05, 4.69) is 19.1 Å². The monoisotopic (exact) mass is 266 g/mol. The first-order chi connectivity index (χ1) is 9.25. The van der Waals surface area contributed by atoms with Crippen LogP contribution in [0.15, 0.2) is 12.2 Å². The van der Waals surface area contributed by atoms with E-state index in [0.717, 1.165) is 25.7 Å². The molecule has 1 saturated carbocycles. The first-order valence-corrected chi connectivity index (χ1v) is 7.68. The topological polar surface area (TPSA) is 35.5 Å². The van der Waals surface area contributed by atoms with Crippen molar-refractivity contribution < 1.29 is 14.3 Å². The van der Waals surface area contributed by atoms with E-state index in [1.165, 1.54) is 19.3 Å². The molecule has 0 radical (unpaired) electrons. The van der Waals surface area contributed by atoms with E-state index >= 15 is 0 Å². The molecule has 2 aliphatic rings. The summed E-state index contributed by atoms with van der Waals surface area (Å²) in [5, 5.41) is 0. The van der Waals surface area contributed by atoms with Crippen molar-refractivity contribution in [3.63, 3.8) is 0 Å². The lowest BCUT2D eigenvalue weighted by Gasteiger charge is -2.25. The van der Waals surface area contributed by atoms with Gasteiger partial charge in [0.15, 0.2) is 0 Å². The van der Waals surface area contributed by atoms with Crippen LogP contribution in [-0.2, 0) is 14.3 Å². The van der Waals surface area contributed by atoms with E-state index in [4.69, 9.17) is 9.47 Å². The molecular weight excluding hydrogens is 240 g/mol. The molecule has 0 bridgehead atoms. The predicted octanol–water partition coefficient (Wildman–Crippen LogP) is 3.48. The normalized spacial score (nSPS) is 28.3. The van der Waals surface area contributed by atoms with Crippen LogP contribution >= 0.6 is 0 Å². The average molecular weight is 266 g/mol. The molecule has 108 valence electrons. The van der Waals surface area contributed by atoms with Gasteiger partial charge in [-0.2, -0.15) is 0 Å². The molecule has 0 aliphatic heterocycles. The van der Waals surface area contributed by atoms with Crippen LogP contribution in [0.5, 0.6) is 0 Å². The van der Waals surface area contributed by atoms with Crippen LogP contribution < -0.4 is 0 Å². The maximum absolute atomic E-state index is 11.7. The van der Waals surface area contributed by atoms with Crippen LogP contribution in [0.2, 0.25) is 0 Å². The van der Waals surface area contributed by atoms with E-state index in [-0.39, 0.29) is 18.7 Å². The minimum Gasteiger partial charge on any atom is -0.464 e. The van der Waals surface area contributed by atoms with Gasteiger partial charge in [-0.05, 0) is 37.5 Å². The van der Waals surface area contributed by atoms with Crippen LogP contribution in [0.3, 0.4) is 0 Å². The number of esters is 1. The van der Waals surface area contributed by atoms with Crippen molar-refractivity contribution in [2.24, 2.45) is 11.8 Å². The number of carbonyl (C=O) groups excluding carboxylic acids is 1. The summed E-state index contributed by atoms with van der Waals surface area (Å²) >= 11 is 0. The Morgan fingerprint density at radius 2 is 1.89 bits per heavy atom. The Bertz CT molecular complexity index is 305. The van der Waals surface area contributed by atoms with Crippen molar-refractivity contribution in [1.82, 2.24) is 0 Å². The van der Waals surface area contributed by atoms with Gasteiger partial charge < -0.3 is 9.47 Å². The molecule has 2 rings (SSSR count). The van der Waals surface area contributed by atoms with Crippen molar-refractivity contribution in [3.8, 4) is 0 Å². The minimum absolute atomic E-state index is 0.127. The second-order valence-corrected chi connectivity index (χ2v) is 5.93. The van der Waals surface area contributed by atoms with Gasteiger partial charge in [0.05, 0.1) is 12.7 Å². The number of carbonyl (C=O) groups is 1. The zero-order valence-electron chi connectivity index (χ0n) is 12.0. The number of hydrogen-bond donors (Lipinski definition) is 0. The summed E-state index contributed by atoms with van der Waals surface area (Å²) in [7, 11) is 0. The molecule has 3 heteroatoms. The molecule has 0 saturated heterocycles. The highest BCUT2D eigenvalue weighted by Crippen LogP contribution is 2.25. The summed E-state index contributed by atoms with van der Waals surface area (Å²) in [5.41, 5.74) is 0. The SMILES string of the molecule is C[C@@H]1CC=CC[C@@H]1COC(=O)COC1CCCCC1. The molecule has 0 aromatic heterocycles. The highest BCUT2D eigenvalue weighted by molar-refractivity contribution is 5.70. The number of allylic oxidation sites excluding steroid dienone is 2. The molecule has 0 spiro atoms. The van der Waals surface area contributed by atoms with Gasteiger partial charge in [0.2, 0.25) is 0 Å². The minimum atomic E-state index is -0.202. The molecule has 0 unspecified atom stereocenters. The van der Waals surface area contributed by atoms with Crippen molar-refractivity contribution in [1.29, 1.82) is 0 Å². The Labute approximate surface area is 116 Å². The fraction of sp³-hybridized carbons (Fsp3) is 0.812. The van der Waals surface area contributed by atoms with Gasteiger partial charge in [0.1, 0.15) is 6.61 Å². The van der Waals surface area contributed by atoms with Gasteiger partial charge in [-0.3, -0.25) is 0 Å². The van der Waals surface area contributed by atoms with Crippen LogP contribution in [0.4, 0.5) is 0 Å². The quantitative estimate of drug-likeness (QED) is 0.564. The van der Waals surface area contributed by atoms with Gasteiger partial charge >= 0.3 is 5.97 Å². The summed E-state index contributed by atoms with van der Waals surface area (Å²) in [6.45, 7) is 2.89. The van der Waals surface area contributed by atoms with Gasteiger partial charge in [-0.25, -0.2) is 4.79 Å². The highest BCUT2D eigenvalue weighted by atomic mass is 16.6. The third kappa shape index (κ3) is 4.98. The fourth-order valence-electron chi connectivity index (χ4n) is 2.90. The summed E-state index contributed by atoms with van der Waals surface area (Å²) < 4.78 is 11.0. The van der Waals surface area contributed by atoms with Crippen molar-refractivity contribution in [2.45, 2.75) is 58.0 Å². The predicted molar refractivity (Wildman–Crippen MR) is 74.8 cm³/mol. The lowest BCUT2D eigenvalue weighted by molar-refractivity contribution is -0.153. The lowest BCUT2D eigenvalue weighted by atomic mass is 9.85. The zero-order valence-corrected chi connectivity index (χ0v) is 12.0. The van der Waals surface area contributed by atoms with Crippen LogP contribution in [0, 0.1) is 11.8 Å². The summed E-state index contributed by atoms with van der Waals surface area (Å²) in [4.78, 5) is 11.7. The van der Waals surface area contributed by atoms with Gasteiger partial charge in [0, 0.05) is 0 Å². The molecule has 0 N–H and O–H groups in total. The van der Waals surface area contributed by atoms with Crippen LogP contribution in [0.25, 0.3) is 0 Å². The number of hydrogen-bond acceptors (Lipinski definition) is 3. The Balaban J connectivity index is 1.60. The van der Waals surface area contributed by atoms with E-state index in [1.807, 2.05) is 0 Å². The van der Waals surface area contributed by atoms with Gasteiger partial charge in [-0.1, -0.05) is 38.3 Å². The molecule has 0 aromatic carbocycles. The number of ether oxygens (including phenoxy) is 2. The third-order valence-electron chi connectivity index (χ3n) is 4.37. The molecule has 0 aromatic rings. The highest BCUT2D eigenvalue weighted by Gasteiger charge is 2.21. The summed E-state index contributed by atoms with van der Waals surface area (Å²) in [6.07, 6.45) is 12.8. The molecule has 2 atom stereocenters. The van der Waals surface area contributed by atoms with Crippen LogP contribution in [-0.4, -0.2) is 25.3 Å². The molecule has 0 amide bonds. The Kier molecular flexibility index (Phi) is 5.90. The fourth-order valence-corrected chi connectivity index (χ4v) is 2.90. The third-order valence-corrected chi connectivity index (χ3v) is 4.37. The molecule has 2 aliphatic carbocycles. The van der Waals surface area contributed by atoms with Crippen LogP contribution in [0.1, 0.15) is 51.9 Å². The van der Waals surface area contributed by atoms with E-state index < -0.39 is 0 Å². The largest absolute Gasteiger partial charge is 0.464 e. The molecule has 19 heavy (non-hydrogen) atoms. The number of rotatable bonds is 5. The van der Waals surface area contributed by atoms with E-state index in [1.54, 1.807) is 0 Å². The van der Waals surface area contributed by atoms with E-state index in [0.29, 0.717) is 18.4 Å². The van der Waals surface area contributed by atoms with Gasteiger partial charge in [-0.15, -0.1) is 0 Å². The average Bonchev–Trinajstić information content (AvgIpc) is 2.45. The second-order valence-electron chi connectivity index (χ2n) is 5.93. The standard InChI is InChI=1S/C16H26O3/c1-13-7-5-6-8-14(13)11-19-16(17)12-18-15-9-3-2-4-10-15/h5-6,13-15H,2-4,7-12H2,1H3/t13-,14-/m1/s1. The van der Waals surface area contributed by atoms with Crippen molar-refractivity contribution >= 4 is 5.97 Å². The molecule has 3 nitrogen and oxygen atoms in total. The molecular formula is C16H26O3. The lowest BCUT2D eigenvalue weighted by Crippen LogP contribution is -2.25. The van der Waals surface area contributed by atoms with Crippen molar-refractivity contribution in [3.05, 3.63) is 12.2 Å². The van der Waals surface area contributed by atoms with Gasteiger partial charge in [0.25, 0.3) is 0 Å². The first-order valence-electron chi connectivity index (χ1n) is 7.68. The Morgan fingerprint density at radius 3 is 2.63 bits per heavy atom. The molecule has 0 heterocycles. The van der Waals surface area contributed by atoms with Crippen molar-refractivity contribution in [2.75, 3.05) is 13.2 Å². The Hall–Kier alpha value is -0.830. The maximum atomic E-state index is 11.7. The maximum Gasteiger partial charge on any atom is 0.332 e. The summed E-state index contributed by atoms with van der Waals surface area (Å²) in [5.74, 6) is 0.882. The summed E-state index contributed by atoms with van der Waals surface area (Å²) in [6, 6.07) is 0. The Morgan fingerprint density at radius 1 is 1.16 bits per heavy atom. The van der Waals surface area contributed by atoms with E-state index in [9.17, 15) is 4.79 Å². The smallest absolute Gasteiger partial charge is 0.332 e. The molecule has 1 fully saturated rings.